The Hall–Kier alpha value is -7.05. The summed E-state index contributed by atoms with van der Waals surface area (Å²) in [6, 6.07) is -20.7. The molecule has 238 valence electrons. The van der Waals surface area contributed by atoms with Crippen LogP contribution in [0, 0.1) is 0 Å². The van der Waals surface area contributed by atoms with E-state index in [0.29, 0.717) is 0 Å². The van der Waals surface area contributed by atoms with E-state index < -0.39 is 241 Å². The van der Waals surface area contributed by atoms with E-state index in [0.717, 1.165) is 15.2 Å². The fraction of sp³-hybridized carbons (Fsp3) is 0. The normalized spacial score (nSPS) is 19.1. The van der Waals surface area contributed by atoms with E-state index in [2.05, 4.69) is 15.0 Å². The van der Waals surface area contributed by atoms with E-state index in [1.165, 1.54) is 0 Å². The van der Waals surface area contributed by atoms with Gasteiger partial charge in [-0.2, -0.15) is 9.97 Å². The first-order valence-corrected chi connectivity index (χ1v) is 14.9. The molecule has 0 aliphatic rings. The molecule has 6 nitrogen and oxygen atoms in total. The van der Waals surface area contributed by atoms with Gasteiger partial charge in [0.2, 0.25) is 5.95 Å². The van der Waals surface area contributed by atoms with Crippen molar-refractivity contribution < 1.29 is 40.1 Å². The first-order chi connectivity index (χ1) is 36.1. The number of para-hydroxylation sites is 4. The molecule has 0 amide bonds. The maximum atomic E-state index is 9.64. The third-order valence-electron chi connectivity index (χ3n) is 8.21. The van der Waals surface area contributed by atoms with Gasteiger partial charge in [-0.05, 0) is 48.4 Å². The van der Waals surface area contributed by atoms with Gasteiger partial charge in [-0.1, -0.05) is 115 Å². The predicted molar refractivity (Wildman–Crippen MR) is 207 cm³/mol. The summed E-state index contributed by atoms with van der Waals surface area (Å²) in [6.45, 7) is 0. The van der Waals surface area contributed by atoms with Crippen molar-refractivity contribution >= 4 is 65.6 Å². The Kier molecular flexibility index (Phi) is 2.67. The van der Waals surface area contributed by atoms with Crippen LogP contribution >= 0.6 is 0 Å². The Labute approximate surface area is 328 Å². The van der Waals surface area contributed by atoms with Gasteiger partial charge in [-0.15, -0.1) is 0 Å². The number of aromatic nitrogens is 5. The number of hydrogen-bond donors (Lipinski definition) is 0. The average Bonchev–Trinajstić information content (AvgIpc) is 4.31. The van der Waals surface area contributed by atoms with Crippen molar-refractivity contribution in [3.63, 3.8) is 0 Å². The maximum absolute atomic E-state index is 9.64. The Morgan fingerprint density at radius 3 is 1.69 bits per heavy atom. The second kappa shape index (κ2) is 10.7. The van der Waals surface area contributed by atoms with Crippen LogP contribution in [0.5, 0.6) is 0 Å². The smallest absolute Gasteiger partial charge is 0.238 e. The van der Waals surface area contributed by atoms with Crippen molar-refractivity contribution in [1.29, 1.82) is 0 Å². The van der Waals surface area contributed by atoms with Crippen LogP contribution in [-0.4, -0.2) is 24.1 Å². The molecule has 4 aromatic heterocycles. The van der Waals surface area contributed by atoms with Gasteiger partial charge >= 0.3 is 0 Å². The third kappa shape index (κ3) is 4.14. The average molecular weight is 680 g/mol. The zero-order chi connectivity index (χ0) is 56.1. The van der Waals surface area contributed by atoms with Crippen LogP contribution in [0.25, 0.3) is 100.0 Å². The minimum absolute atomic E-state index is 0.174. The van der Waals surface area contributed by atoms with Crippen molar-refractivity contribution in [2.24, 2.45) is 0 Å². The molecule has 0 fully saturated rings. The van der Waals surface area contributed by atoms with Gasteiger partial charge in [-0.25, -0.2) is 4.98 Å². The topological polar surface area (TPSA) is 61.7 Å². The largest absolute Gasteiger partial charge is 0.456 e. The second-order valence-electron chi connectivity index (χ2n) is 10.9. The van der Waals surface area contributed by atoms with Crippen LogP contribution in [0.15, 0.2) is 168 Å². The fourth-order valence-electron chi connectivity index (χ4n) is 6.14. The number of furan rings is 1. The van der Waals surface area contributed by atoms with Gasteiger partial charge in [0, 0.05) is 49.1 Å². The van der Waals surface area contributed by atoms with Crippen molar-refractivity contribution in [2.75, 3.05) is 0 Å². The summed E-state index contributed by atoms with van der Waals surface area (Å²) >= 11 is 0. The number of rotatable bonds is 4. The SMILES string of the molecule is [2H]c1c([2H])c([2H])c(-c2nc(-c3cc4c(oc5c([2H])c([2H])c([2H])c([2H])c54)c([2H])c3[2H])nc(-n3c4c([2H])c([2H])c([2H])c([2H])c4c4c([2H])c([2H])c5c6c([2H])c([2H])c([2H])c([2H])c6n(-c6c([2H])c([2H])c([2H])c([2H])c6[2H])c5c43)n2)c([2H])c1[2H]. The zero-order valence-corrected chi connectivity index (χ0v) is 25.2. The van der Waals surface area contributed by atoms with Crippen LogP contribution in [-0.2, 0) is 0 Å². The van der Waals surface area contributed by atoms with E-state index in [1.54, 1.807) is 0 Å². The second-order valence-corrected chi connectivity index (χ2v) is 10.9. The molecule has 0 bridgehead atoms. The molecular formula is C45H27N5O. The number of hydrogen-bond acceptors (Lipinski definition) is 4. The molecule has 11 rings (SSSR count). The van der Waals surface area contributed by atoms with Crippen LogP contribution in [0.2, 0.25) is 0 Å². The number of nitrogens with zero attached hydrogens (tertiary/aromatic N) is 5. The minimum Gasteiger partial charge on any atom is -0.456 e. The molecule has 4 heterocycles. The third-order valence-corrected chi connectivity index (χ3v) is 8.21. The molecule has 0 atom stereocenters. The summed E-state index contributed by atoms with van der Waals surface area (Å²) < 4.78 is 239. The molecule has 0 spiro atoms. The quantitative estimate of drug-likeness (QED) is 0.186. The van der Waals surface area contributed by atoms with Crippen LogP contribution in [0.4, 0.5) is 0 Å². The van der Waals surface area contributed by atoms with Gasteiger partial charge in [-0.3, -0.25) is 4.57 Å². The van der Waals surface area contributed by atoms with E-state index >= 15 is 0 Å². The van der Waals surface area contributed by atoms with Crippen LogP contribution in [0.1, 0.15) is 35.6 Å². The summed E-state index contributed by atoms with van der Waals surface area (Å²) in [4.78, 5) is 13.7. The molecule has 51 heavy (non-hydrogen) atoms. The van der Waals surface area contributed by atoms with Gasteiger partial charge in [0.15, 0.2) is 11.6 Å². The summed E-state index contributed by atoms with van der Waals surface area (Å²) in [6.07, 6.45) is 0. The molecule has 7 aromatic carbocycles. The van der Waals surface area contributed by atoms with Crippen LogP contribution < -0.4 is 0 Å². The Bertz CT molecular complexity index is 4600. The molecule has 11 aromatic rings. The molecule has 0 N–H and O–H groups in total. The lowest BCUT2D eigenvalue weighted by atomic mass is 10.1. The standard InChI is InChI=1S/C45H27N5O/c1-3-13-28(14-4-1)43-46-44(29-23-26-40-36(27-29)33-19-9-12-22-39(33)51-40)48-45(47-43)50-38-21-11-8-18-32(38)35-25-24-34-31-17-7-10-20-37(31)49(41(34)42(35)50)30-15-5-2-6-16-30/h1-27H/i1D,2D,3D,4D,5D,6D,7D,8D,9D,10D,11D,12D,13D,14D,15D,16D,17D,18D,19D,20D,21D,22D,23D,24D,25D,26D. The molecular weight excluding hydrogens is 627 g/mol. The monoisotopic (exact) mass is 679 g/mol. The lowest BCUT2D eigenvalue weighted by Crippen LogP contribution is -2.07. The molecule has 0 saturated carbocycles. The highest BCUT2D eigenvalue weighted by atomic mass is 16.3. The minimum atomic E-state index is -0.948. The molecule has 0 unspecified atom stereocenters. The number of fused-ring (bicyclic) bond motifs is 10. The Morgan fingerprint density at radius 2 is 0.961 bits per heavy atom. The first kappa shape index (κ1) is 12.7. The summed E-state index contributed by atoms with van der Waals surface area (Å²) in [5.74, 6) is -2.34. The first-order valence-electron chi connectivity index (χ1n) is 27.9. The number of benzene rings is 7. The van der Waals surface area contributed by atoms with Gasteiger partial charge < -0.3 is 8.98 Å². The van der Waals surface area contributed by atoms with Crippen molar-refractivity contribution in [1.82, 2.24) is 24.1 Å². The molecule has 6 heteroatoms. The van der Waals surface area contributed by atoms with E-state index in [4.69, 9.17) is 27.7 Å². The van der Waals surface area contributed by atoms with Gasteiger partial charge in [0.05, 0.1) is 57.7 Å². The van der Waals surface area contributed by atoms with E-state index in [1.807, 2.05) is 0 Å². The lowest BCUT2D eigenvalue weighted by Gasteiger charge is -2.13. The zero-order valence-electron chi connectivity index (χ0n) is 51.2. The highest BCUT2D eigenvalue weighted by Gasteiger charge is 2.23. The molecule has 0 aliphatic heterocycles. The van der Waals surface area contributed by atoms with Gasteiger partial charge in [0.25, 0.3) is 0 Å². The Morgan fingerprint density at radius 1 is 0.412 bits per heavy atom. The highest BCUT2D eigenvalue weighted by Crippen LogP contribution is 2.41. The van der Waals surface area contributed by atoms with Crippen molar-refractivity contribution in [3.8, 4) is 34.4 Å². The van der Waals surface area contributed by atoms with E-state index in [-0.39, 0.29) is 16.4 Å². The predicted octanol–water partition coefficient (Wildman–Crippen LogP) is 11.3. The fourth-order valence-corrected chi connectivity index (χ4v) is 6.14. The van der Waals surface area contributed by atoms with Crippen molar-refractivity contribution in [2.45, 2.75) is 0 Å². The molecule has 0 radical (unpaired) electrons. The molecule has 0 aliphatic carbocycles. The van der Waals surface area contributed by atoms with E-state index in [9.17, 15) is 12.3 Å². The highest BCUT2D eigenvalue weighted by molar-refractivity contribution is 6.23. The molecule has 0 saturated heterocycles. The summed E-state index contributed by atoms with van der Waals surface area (Å²) in [5, 5.41) is -2.56. The van der Waals surface area contributed by atoms with Crippen LogP contribution in [0.3, 0.4) is 0 Å². The summed E-state index contributed by atoms with van der Waals surface area (Å²) in [5.41, 5.74) is -5.10. The Balaban J connectivity index is 1.45. The lowest BCUT2D eigenvalue weighted by molar-refractivity contribution is 0.669. The van der Waals surface area contributed by atoms with Gasteiger partial charge in [0.1, 0.15) is 11.2 Å². The van der Waals surface area contributed by atoms with Crippen molar-refractivity contribution in [3.05, 3.63) is 163 Å². The summed E-state index contributed by atoms with van der Waals surface area (Å²) in [7, 11) is 0. The maximum Gasteiger partial charge on any atom is 0.238 e.